The van der Waals surface area contributed by atoms with Crippen molar-refractivity contribution in [2.45, 2.75) is 70.3 Å². The van der Waals surface area contributed by atoms with Crippen LogP contribution in [0.15, 0.2) is 24.3 Å². The van der Waals surface area contributed by atoms with E-state index >= 15 is 0 Å². The summed E-state index contributed by atoms with van der Waals surface area (Å²) in [5.41, 5.74) is 1.37. The maximum absolute atomic E-state index is 13.1. The number of ether oxygens (including phenoxy) is 3. The predicted octanol–water partition coefficient (Wildman–Crippen LogP) is 3.73. The Balaban J connectivity index is 1.14. The zero-order valence-corrected chi connectivity index (χ0v) is 20.5. The molecule has 2 aliphatic carbocycles. The number of esters is 1. The highest BCUT2D eigenvalue weighted by Gasteiger charge is 2.78. The van der Waals surface area contributed by atoms with Crippen LogP contribution in [0.1, 0.15) is 46.5 Å². The van der Waals surface area contributed by atoms with Gasteiger partial charge in [-0.2, -0.15) is 0 Å². The Morgan fingerprint density at radius 2 is 1.97 bits per heavy atom. The minimum absolute atomic E-state index is 0.00999. The van der Waals surface area contributed by atoms with Gasteiger partial charge in [0.05, 0.1) is 19.1 Å². The van der Waals surface area contributed by atoms with Gasteiger partial charge >= 0.3 is 5.97 Å². The van der Waals surface area contributed by atoms with Crippen LogP contribution in [0.4, 0.5) is 5.69 Å². The molecule has 180 valence electrons. The van der Waals surface area contributed by atoms with Crippen molar-refractivity contribution in [2.75, 3.05) is 38.2 Å². The van der Waals surface area contributed by atoms with E-state index in [1.807, 2.05) is 12.1 Å². The zero-order chi connectivity index (χ0) is 23.0. The molecule has 0 bridgehead atoms. The molecule has 1 aromatic rings. The van der Waals surface area contributed by atoms with Crippen LogP contribution in [0.2, 0.25) is 0 Å². The van der Waals surface area contributed by atoms with Crippen molar-refractivity contribution in [1.29, 1.82) is 0 Å². The average molecular weight is 455 g/mol. The maximum Gasteiger partial charge on any atom is 0.311 e. The van der Waals surface area contributed by atoms with Gasteiger partial charge in [-0.15, -0.1) is 0 Å². The number of piperazine rings is 1. The van der Waals surface area contributed by atoms with E-state index in [4.69, 9.17) is 14.2 Å². The van der Waals surface area contributed by atoms with Gasteiger partial charge in [-0.25, -0.2) is 0 Å². The Bertz CT molecular complexity index is 921. The molecule has 6 heteroatoms. The van der Waals surface area contributed by atoms with E-state index in [0.29, 0.717) is 12.0 Å². The van der Waals surface area contributed by atoms with Crippen molar-refractivity contribution in [3.05, 3.63) is 24.3 Å². The smallest absolute Gasteiger partial charge is 0.311 e. The van der Waals surface area contributed by atoms with E-state index in [9.17, 15) is 4.79 Å². The van der Waals surface area contributed by atoms with E-state index in [0.717, 1.165) is 38.3 Å². The highest BCUT2D eigenvalue weighted by atomic mass is 16.6. The van der Waals surface area contributed by atoms with Crippen molar-refractivity contribution in [2.24, 2.45) is 23.2 Å². The van der Waals surface area contributed by atoms with Gasteiger partial charge in [0.15, 0.2) is 0 Å². The lowest BCUT2D eigenvalue weighted by atomic mass is 9.53. The van der Waals surface area contributed by atoms with Gasteiger partial charge in [-0.1, -0.05) is 20.3 Å². The molecule has 6 nitrogen and oxygen atoms in total. The van der Waals surface area contributed by atoms with E-state index < -0.39 is 0 Å². The Kier molecular flexibility index (Phi) is 5.01. The molecule has 0 amide bonds. The first-order chi connectivity index (χ1) is 15.9. The topological polar surface area (TPSA) is 54.5 Å². The van der Waals surface area contributed by atoms with Gasteiger partial charge in [0.25, 0.3) is 0 Å². The monoisotopic (exact) mass is 454 g/mol. The van der Waals surface area contributed by atoms with E-state index in [1.165, 1.54) is 24.9 Å². The van der Waals surface area contributed by atoms with Gasteiger partial charge in [-0.05, 0) is 56.4 Å². The van der Waals surface area contributed by atoms with Crippen molar-refractivity contribution >= 4 is 11.7 Å². The molecule has 33 heavy (non-hydrogen) atoms. The third-order valence-corrected chi connectivity index (χ3v) is 9.76. The van der Waals surface area contributed by atoms with Gasteiger partial charge in [0.2, 0.25) is 0 Å². The molecule has 3 aliphatic heterocycles. The fourth-order valence-corrected chi connectivity index (χ4v) is 8.08. The van der Waals surface area contributed by atoms with Gasteiger partial charge in [-0.3, -0.25) is 9.69 Å². The molecule has 5 aliphatic rings. The summed E-state index contributed by atoms with van der Waals surface area (Å²) < 4.78 is 18.0. The van der Waals surface area contributed by atoms with Crippen LogP contribution >= 0.6 is 0 Å². The van der Waals surface area contributed by atoms with Crippen LogP contribution in [0.3, 0.4) is 0 Å². The Hall–Kier alpha value is -1.79. The van der Waals surface area contributed by atoms with E-state index in [-0.39, 0.29) is 41.0 Å². The largest absolute Gasteiger partial charge is 0.497 e. The lowest BCUT2D eigenvalue weighted by molar-refractivity contribution is -0.146. The van der Waals surface area contributed by atoms with Crippen molar-refractivity contribution < 1.29 is 19.0 Å². The summed E-state index contributed by atoms with van der Waals surface area (Å²) in [6.07, 6.45) is 4.92. The number of rotatable bonds is 4. The second-order valence-corrected chi connectivity index (χ2v) is 11.5. The summed E-state index contributed by atoms with van der Waals surface area (Å²) in [4.78, 5) is 18.0. The summed E-state index contributed by atoms with van der Waals surface area (Å²) in [6.45, 7) is 10.7. The van der Waals surface area contributed by atoms with E-state index in [1.54, 1.807) is 7.11 Å². The quantitative estimate of drug-likeness (QED) is 0.510. The minimum Gasteiger partial charge on any atom is -0.497 e. The Morgan fingerprint density at radius 3 is 2.70 bits per heavy atom. The van der Waals surface area contributed by atoms with Crippen molar-refractivity contribution in [3.8, 4) is 5.75 Å². The highest BCUT2D eigenvalue weighted by molar-refractivity contribution is 5.76. The summed E-state index contributed by atoms with van der Waals surface area (Å²) in [5.74, 6) is 1.64. The molecule has 0 radical (unpaired) electrons. The SMILES string of the molecule is COc1ccc(N2CCN(C[C@H]3C(=O)O[C@@H]4C[C@@]5(C)CCC[C@H](C)[C@]56O[C@H]6[C@@H]43)C[C@H]2C)cc1. The number of hydrogen-bond acceptors (Lipinski definition) is 6. The summed E-state index contributed by atoms with van der Waals surface area (Å²) in [5, 5.41) is 0. The molecule has 8 atom stereocenters. The number of fused-ring (bicyclic) bond motifs is 2. The molecular weight excluding hydrogens is 416 g/mol. The first-order valence-electron chi connectivity index (χ1n) is 12.9. The number of epoxide rings is 1. The molecule has 1 spiro atoms. The van der Waals surface area contributed by atoms with Gasteiger partial charge in [0.1, 0.15) is 17.5 Å². The summed E-state index contributed by atoms with van der Waals surface area (Å²) >= 11 is 0. The number of carbonyl (C=O) groups is 1. The molecule has 2 saturated carbocycles. The van der Waals surface area contributed by atoms with Crippen LogP contribution in [0.25, 0.3) is 0 Å². The molecule has 5 fully saturated rings. The van der Waals surface area contributed by atoms with Gasteiger partial charge in [0, 0.05) is 49.2 Å². The average Bonchev–Trinajstić information content (AvgIpc) is 3.48. The number of anilines is 1. The molecule has 1 aromatic carbocycles. The fraction of sp³-hybridized carbons (Fsp3) is 0.741. The fourth-order valence-electron chi connectivity index (χ4n) is 8.08. The van der Waals surface area contributed by atoms with Crippen molar-refractivity contribution in [3.63, 3.8) is 0 Å². The third-order valence-electron chi connectivity index (χ3n) is 9.76. The molecule has 0 N–H and O–H groups in total. The first kappa shape index (κ1) is 21.7. The molecule has 3 heterocycles. The minimum atomic E-state index is -0.0576. The van der Waals surface area contributed by atoms with Crippen LogP contribution in [-0.4, -0.2) is 68.0 Å². The number of benzene rings is 1. The van der Waals surface area contributed by atoms with Crippen LogP contribution < -0.4 is 9.64 Å². The molecule has 0 aromatic heterocycles. The summed E-state index contributed by atoms with van der Waals surface area (Å²) in [7, 11) is 1.70. The third kappa shape index (κ3) is 3.16. The molecule has 6 rings (SSSR count). The molecule has 0 unspecified atom stereocenters. The summed E-state index contributed by atoms with van der Waals surface area (Å²) in [6, 6.07) is 8.71. The number of methoxy groups -OCH3 is 1. The lowest BCUT2D eigenvalue weighted by Crippen LogP contribution is -2.56. The first-order valence-corrected chi connectivity index (χ1v) is 12.9. The standard InChI is InChI=1S/C27H38N2O4/c1-17-6-5-11-26(3)14-22-23(24-27(17,26)33-24)21(25(30)32-22)16-28-12-13-29(18(2)15-28)19-7-9-20(31-4)10-8-19/h7-10,17-18,21-24H,5-6,11-16H2,1-4H3/t17-,18+,21+,22+,23+,24-,26+,27+/m0/s1. The van der Waals surface area contributed by atoms with Gasteiger partial charge < -0.3 is 19.1 Å². The van der Waals surface area contributed by atoms with Crippen LogP contribution in [0.5, 0.6) is 5.75 Å². The Labute approximate surface area is 197 Å². The van der Waals surface area contributed by atoms with E-state index in [2.05, 4.69) is 42.7 Å². The highest BCUT2D eigenvalue weighted by Crippen LogP contribution is 2.70. The van der Waals surface area contributed by atoms with Crippen molar-refractivity contribution in [1.82, 2.24) is 4.90 Å². The Morgan fingerprint density at radius 1 is 1.18 bits per heavy atom. The lowest BCUT2D eigenvalue weighted by Gasteiger charge is -2.49. The predicted molar refractivity (Wildman–Crippen MR) is 126 cm³/mol. The number of carbonyl (C=O) groups excluding carboxylic acids is 1. The second-order valence-electron chi connectivity index (χ2n) is 11.5. The molecule has 3 saturated heterocycles. The second kappa shape index (κ2) is 7.61. The van der Waals surface area contributed by atoms with Crippen LogP contribution in [-0.2, 0) is 14.3 Å². The number of hydrogen-bond donors (Lipinski definition) is 0. The molecular formula is C27H38N2O4. The number of nitrogens with zero attached hydrogens (tertiary/aromatic N) is 2. The van der Waals surface area contributed by atoms with Crippen LogP contribution in [0, 0.1) is 23.2 Å². The normalized spacial score (nSPS) is 44.5. The maximum atomic E-state index is 13.1. The zero-order valence-electron chi connectivity index (χ0n) is 20.5.